The number of aliphatic carboxylic acids is 1. The van der Waals surface area contributed by atoms with Crippen molar-refractivity contribution in [2.75, 3.05) is 18.0 Å². The van der Waals surface area contributed by atoms with Crippen molar-refractivity contribution in [3.05, 3.63) is 29.3 Å². The predicted molar refractivity (Wildman–Crippen MR) is 77.2 cm³/mol. The van der Waals surface area contributed by atoms with Crippen LogP contribution in [-0.2, 0) is 4.79 Å². The van der Waals surface area contributed by atoms with Gasteiger partial charge in [0.1, 0.15) is 6.54 Å². The number of rotatable bonds is 5. The molecule has 0 aliphatic heterocycles. The Balaban J connectivity index is 2.24. The molecule has 1 saturated carbocycles. The van der Waals surface area contributed by atoms with Crippen LogP contribution >= 0.6 is 11.6 Å². The zero-order chi connectivity index (χ0) is 14.7. The first-order valence-corrected chi connectivity index (χ1v) is 6.96. The molecule has 20 heavy (non-hydrogen) atoms. The third kappa shape index (κ3) is 3.42. The fourth-order valence-electron chi connectivity index (χ4n) is 2.12. The molecule has 2 amide bonds. The van der Waals surface area contributed by atoms with E-state index >= 15 is 0 Å². The molecule has 0 unspecified atom stereocenters. The second-order valence-electron chi connectivity index (χ2n) is 4.76. The normalized spacial score (nSPS) is 13.9. The number of halogens is 1. The Morgan fingerprint density at radius 3 is 2.35 bits per heavy atom. The fourth-order valence-corrected chi connectivity index (χ4v) is 2.24. The summed E-state index contributed by atoms with van der Waals surface area (Å²) in [6, 6.07) is 6.59. The molecule has 1 aromatic rings. The van der Waals surface area contributed by atoms with Crippen LogP contribution in [0, 0.1) is 0 Å². The minimum absolute atomic E-state index is 0.246. The molecule has 6 heteroatoms. The third-order valence-electron chi connectivity index (χ3n) is 3.24. The van der Waals surface area contributed by atoms with E-state index in [0.717, 1.165) is 12.8 Å². The van der Waals surface area contributed by atoms with E-state index in [4.69, 9.17) is 16.7 Å². The van der Waals surface area contributed by atoms with Gasteiger partial charge in [-0.05, 0) is 44.0 Å². The summed E-state index contributed by atoms with van der Waals surface area (Å²) in [6.45, 7) is 2.12. The third-order valence-corrected chi connectivity index (χ3v) is 3.49. The van der Waals surface area contributed by atoms with Crippen LogP contribution < -0.4 is 4.90 Å². The smallest absolute Gasteiger partial charge is 0.325 e. The van der Waals surface area contributed by atoms with Crippen LogP contribution in [0.25, 0.3) is 0 Å². The van der Waals surface area contributed by atoms with E-state index in [1.54, 1.807) is 29.2 Å². The van der Waals surface area contributed by atoms with E-state index in [1.165, 1.54) is 4.90 Å². The maximum Gasteiger partial charge on any atom is 0.325 e. The lowest BCUT2D eigenvalue weighted by atomic mass is 10.3. The quantitative estimate of drug-likeness (QED) is 0.909. The molecule has 0 heterocycles. The summed E-state index contributed by atoms with van der Waals surface area (Å²) < 4.78 is 0. The summed E-state index contributed by atoms with van der Waals surface area (Å²) >= 11 is 5.82. The van der Waals surface area contributed by atoms with Gasteiger partial charge < -0.3 is 10.0 Å². The highest BCUT2D eigenvalue weighted by Gasteiger charge is 2.34. The predicted octanol–water partition coefficient (Wildman–Crippen LogP) is 2.84. The number of hydrogen-bond donors (Lipinski definition) is 1. The molecule has 0 atom stereocenters. The number of carbonyl (C=O) groups excluding carboxylic acids is 1. The van der Waals surface area contributed by atoms with Crippen molar-refractivity contribution < 1.29 is 14.7 Å². The largest absolute Gasteiger partial charge is 0.480 e. The Morgan fingerprint density at radius 1 is 1.30 bits per heavy atom. The SMILES string of the molecule is CCN(C(=O)N(CC(=O)O)c1ccc(Cl)cc1)C1CC1. The Kier molecular flexibility index (Phi) is 4.49. The van der Waals surface area contributed by atoms with Gasteiger partial charge in [-0.25, -0.2) is 4.79 Å². The molecule has 0 aromatic heterocycles. The lowest BCUT2D eigenvalue weighted by Crippen LogP contribution is -2.46. The average Bonchev–Trinajstić information content (AvgIpc) is 3.22. The number of carboxylic acids is 1. The van der Waals surface area contributed by atoms with Gasteiger partial charge in [-0.15, -0.1) is 0 Å². The summed E-state index contributed by atoms with van der Waals surface area (Å²) in [5.74, 6) is -1.04. The second kappa shape index (κ2) is 6.13. The fraction of sp³-hybridized carbons (Fsp3) is 0.429. The van der Waals surface area contributed by atoms with Gasteiger partial charge in [-0.2, -0.15) is 0 Å². The van der Waals surface area contributed by atoms with Gasteiger partial charge in [0.25, 0.3) is 0 Å². The number of amides is 2. The molecule has 0 bridgehead atoms. The molecular formula is C14H17ClN2O3. The summed E-state index contributed by atoms with van der Waals surface area (Å²) in [4.78, 5) is 26.5. The maximum absolute atomic E-state index is 12.5. The molecule has 1 N–H and O–H groups in total. The first-order valence-electron chi connectivity index (χ1n) is 6.58. The molecule has 1 aliphatic carbocycles. The van der Waals surface area contributed by atoms with E-state index in [2.05, 4.69) is 0 Å². The van der Waals surface area contributed by atoms with Gasteiger partial charge in [0.15, 0.2) is 0 Å². The highest BCUT2D eigenvalue weighted by molar-refractivity contribution is 6.30. The molecule has 2 rings (SSSR count). The lowest BCUT2D eigenvalue weighted by Gasteiger charge is -2.29. The van der Waals surface area contributed by atoms with Gasteiger partial charge in [0, 0.05) is 23.3 Å². The number of carbonyl (C=O) groups is 2. The molecule has 1 aliphatic rings. The Bertz CT molecular complexity index is 500. The zero-order valence-corrected chi connectivity index (χ0v) is 12.0. The van der Waals surface area contributed by atoms with Crippen molar-refractivity contribution in [1.29, 1.82) is 0 Å². The molecule has 1 fully saturated rings. The van der Waals surface area contributed by atoms with E-state index in [9.17, 15) is 9.59 Å². The van der Waals surface area contributed by atoms with E-state index in [1.807, 2.05) is 6.92 Å². The van der Waals surface area contributed by atoms with Gasteiger partial charge >= 0.3 is 12.0 Å². The lowest BCUT2D eigenvalue weighted by molar-refractivity contribution is -0.135. The summed E-state index contributed by atoms with van der Waals surface area (Å²) in [5, 5.41) is 9.57. The Morgan fingerprint density at radius 2 is 1.90 bits per heavy atom. The van der Waals surface area contributed by atoms with Crippen LogP contribution in [0.2, 0.25) is 5.02 Å². The van der Waals surface area contributed by atoms with Gasteiger partial charge in [0.2, 0.25) is 0 Å². The Labute approximate surface area is 122 Å². The molecule has 5 nitrogen and oxygen atoms in total. The minimum Gasteiger partial charge on any atom is -0.480 e. The maximum atomic E-state index is 12.5. The molecular weight excluding hydrogens is 280 g/mol. The van der Waals surface area contributed by atoms with Crippen molar-refractivity contribution in [3.8, 4) is 0 Å². The van der Waals surface area contributed by atoms with Crippen LogP contribution in [-0.4, -0.2) is 41.1 Å². The highest BCUT2D eigenvalue weighted by atomic mass is 35.5. The van der Waals surface area contributed by atoms with Gasteiger partial charge in [-0.1, -0.05) is 11.6 Å². The zero-order valence-electron chi connectivity index (χ0n) is 11.3. The van der Waals surface area contributed by atoms with E-state index < -0.39 is 5.97 Å². The molecule has 0 spiro atoms. The molecule has 1 aromatic carbocycles. The van der Waals surface area contributed by atoms with Crippen LogP contribution in [0.5, 0.6) is 0 Å². The summed E-state index contributed by atoms with van der Waals surface area (Å²) in [6.07, 6.45) is 1.97. The first kappa shape index (κ1) is 14.7. The van der Waals surface area contributed by atoms with Crippen LogP contribution in [0.3, 0.4) is 0 Å². The number of nitrogens with zero attached hydrogens (tertiary/aromatic N) is 2. The van der Waals surface area contributed by atoms with Crippen molar-refractivity contribution >= 4 is 29.3 Å². The van der Waals surface area contributed by atoms with E-state index in [0.29, 0.717) is 17.3 Å². The van der Waals surface area contributed by atoms with E-state index in [-0.39, 0.29) is 18.6 Å². The average molecular weight is 297 g/mol. The number of anilines is 1. The summed E-state index contributed by atoms with van der Waals surface area (Å²) in [7, 11) is 0. The van der Waals surface area contributed by atoms with Crippen molar-refractivity contribution in [2.45, 2.75) is 25.8 Å². The second-order valence-corrected chi connectivity index (χ2v) is 5.19. The van der Waals surface area contributed by atoms with Crippen molar-refractivity contribution in [3.63, 3.8) is 0 Å². The van der Waals surface area contributed by atoms with Crippen molar-refractivity contribution in [1.82, 2.24) is 4.90 Å². The molecule has 0 saturated heterocycles. The minimum atomic E-state index is -1.04. The molecule has 108 valence electrons. The monoisotopic (exact) mass is 296 g/mol. The first-order chi connectivity index (χ1) is 9.52. The number of benzene rings is 1. The van der Waals surface area contributed by atoms with Crippen LogP contribution in [0.4, 0.5) is 10.5 Å². The number of hydrogen-bond acceptors (Lipinski definition) is 2. The molecule has 0 radical (unpaired) electrons. The topological polar surface area (TPSA) is 60.9 Å². The van der Waals surface area contributed by atoms with Crippen LogP contribution in [0.15, 0.2) is 24.3 Å². The van der Waals surface area contributed by atoms with Crippen LogP contribution in [0.1, 0.15) is 19.8 Å². The van der Waals surface area contributed by atoms with Gasteiger partial charge in [0.05, 0.1) is 0 Å². The number of carboxylic acid groups (broad SMARTS) is 1. The number of urea groups is 1. The highest BCUT2D eigenvalue weighted by Crippen LogP contribution is 2.29. The summed E-state index contributed by atoms with van der Waals surface area (Å²) in [5.41, 5.74) is 0.543. The standard InChI is InChI=1S/C14H17ClN2O3/c1-2-16(11-7-8-11)14(20)17(9-13(18)19)12-5-3-10(15)4-6-12/h3-6,11H,2,7-9H2,1H3,(H,18,19). The van der Waals surface area contributed by atoms with Crippen molar-refractivity contribution in [2.24, 2.45) is 0 Å². The van der Waals surface area contributed by atoms with Gasteiger partial charge in [-0.3, -0.25) is 9.69 Å². The Hall–Kier alpha value is -1.75.